The quantitative estimate of drug-likeness (QED) is 0.636. The van der Waals surface area contributed by atoms with Gasteiger partial charge >= 0.3 is 0 Å². The molecule has 0 radical (unpaired) electrons. The zero-order valence-corrected chi connectivity index (χ0v) is 16.4. The highest BCUT2D eigenvalue weighted by Gasteiger charge is 2.20. The van der Waals surface area contributed by atoms with Gasteiger partial charge < -0.3 is 9.73 Å². The standard InChI is InChI=1S/C20H21N3O4S/c1-14-8-9-17(28(25,26)22-13-16-6-5-11-27-16)12-18(14)20(24)23-15(2)19-7-3-4-10-21-19/h3-12,15,22H,13H2,1-2H3,(H,23,24)/t15-/m1/s1. The van der Waals surface area contributed by atoms with Crippen molar-refractivity contribution in [2.75, 3.05) is 0 Å². The molecule has 0 spiro atoms. The lowest BCUT2D eigenvalue weighted by Crippen LogP contribution is -2.28. The zero-order chi connectivity index (χ0) is 20.1. The lowest BCUT2D eigenvalue weighted by Gasteiger charge is -2.15. The minimum absolute atomic E-state index is 0.0142. The van der Waals surface area contributed by atoms with E-state index < -0.39 is 10.0 Å². The SMILES string of the molecule is Cc1ccc(S(=O)(=O)NCc2ccco2)cc1C(=O)N[C@H](C)c1ccccn1. The predicted octanol–water partition coefficient (Wildman–Crippen LogP) is 2.95. The van der Waals surface area contributed by atoms with E-state index in [1.807, 2.05) is 19.1 Å². The van der Waals surface area contributed by atoms with Crippen molar-refractivity contribution in [2.24, 2.45) is 0 Å². The third-order valence-electron chi connectivity index (χ3n) is 4.26. The van der Waals surface area contributed by atoms with E-state index in [0.29, 0.717) is 16.9 Å². The Kier molecular flexibility index (Phi) is 5.91. The van der Waals surface area contributed by atoms with E-state index in [-0.39, 0.29) is 23.4 Å². The van der Waals surface area contributed by atoms with Crippen molar-refractivity contribution in [1.29, 1.82) is 0 Å². The molecule has 1 atom stereocenters. The second-order valence-corrected chi connectivity index (χ2v) is 8.10. The molecule has 146 valence electrons. The Morgan fingerprint density at radius 3 is 2.68 bits per heavy atom. The number of aryl methyl sites for hydroxylation is 1. The van der Waals surface area contributed by atoms with Crippen LogP contribution in [0.4, 0.5) is 0 Å². The molecule has 2 heterocycles. The maximum absolute atomic E-state index is 12.7. The van der Waals surface area contributed by atoms with Crippen LogP contribution in [-0.4, -0.2) is 19.3 Å². The third-order valence-corrected chi connectivity index (χ3v) is 5.66. The Morgan fingerprint density at radius 2 is 2.00 bits per heavy atom. The molecule has 3 aromatic rings. The van der Waals surface area contributed by atoms with E-state index in [1.54, 1.807) is 37.4 Å². The second-order valence-electron chi connectivity index (χ2n) is 6.33. The molecule has 0 saturated heterocycles. The molecule has 3 rings (SSSR count). The summed E-state index contributed by atoms with van der Waals surface area (Å²) < 4.78 is 32.7. The first-order valence-corrected chi connectivity index (χ1v) is 10.2. The number of nitrogens with zero attached hydrogens (tertiary/aromatic N) is 1. The third kappa shape index (κ3) is 4.65. The molecular weight excluding hydrogens is 378 g/mol. The van der Waals surface area contributed by atoms with Gasteiger partial charge in [0.05, 0.1) is 29.4 Å². The van der Waals surface area contributed by atoms with Gasteiger partial charge in [-0.2, -0.15) is 0 Å². The van der Waals surface area contributed by atoms with Crippen LogP contribution in [0, 0.1) is 6.92 Å². The fourth-order valence-corrected chi connectivity index (χ4v) is 3.68. The Balaban J connectivity index is 1.77. The van der Waals surface area contributed by atoms with E-state index in [9.17, 15) is 13.2 Å². The summed E-state index contributed by atoms with van der Waals surface area (Å²) in [4.78, 5) is 16.9. The van der Waals surface area contributed by atoms with Crippen LogP contribution in [0.5, 0.6) is 0 Å². The van der Waals surface area contributed by atoms with Crippen LogP contribution in [0.1, 0.15) is 40.3 Å². The van der Waals surface area contributed by atoms with Crippen molar-refractivity contribution >= 4 is 15.9 Å². The highest BCUT2D eigenvalue weighted by Crippen LogP contribution is 2.18. The highest BCUT2D eigenvalue weighted by molar-refractivity contribution is 7.89. The molecular formula is C20H21N3O4S. The van der Waals surface area contributed by atoms with Crippen LogP contribution in [0.2, 0.25) is 0 Å². The van der Waals surface area contributed by atoms with E-state index in [0.717, 1.165) is 5.69 Å². The normalized spacial score (nSPS) is 12.5. The fraction of sp³-hybridized carbons (Fsp3) is 0.200. The van der Waals surface area contributed by atoms with Crippen molar-refractivity contribution in [3.8, 4) is 0 Å². The van der Waals surface area contributed by atoms with Gasteiger partial charge in [0, 0.05) is 11.8 Å². The number of hydrogen-bond acceptors (Lipinski definition) is 5. The van der Waals surface area contributed by atoms with Gasteiger partial charge in [0.25, 0.3) is 5.91 Å². The lowest BCUT2D eigenvalue weighted by molar-refractivity contribution is 0.0938. The predicted molar refractivity (Wildman–Crippen MR) is 104 cm³/mol. The van der Waals surface area contributed by atoms with Crippen molar-refractivity contribution in [1.82, 2.24) is 15.0 Å². The zero-order valence-electron chi connectivity index (χ0n) is 15.5. The lowest BCUT2D eigenvalue weighted by atomic mass is 10.1. The summed E-state index contributed by atoms with van der Waals surface area (Å²) in [5.41, 5.74) is 1.69. The number of nitrogens with one attached hydrogen (secondary N) is 2. The summed E-state index contributed by atoms with van der Waals surface area (Å²) in [5.74, 6) is 0.136. The number of carbonyl (C=O) groups excluding carboxylic acids is 1. The Morgan fingerprint density at radius 1 is 1.18 bits per heavy atom. The number of amides is 1. The number of aromatic nitrogens is 1. The molecule has 8 heteroatoms. The van der Waals surface area contributed by atoms with Gasteiger partial charge in [-0.25, -0.2) is 13.1 Å². The molecule has 7 nitrogen and oxygen atoms in total. The smallest absolute Gasteiger partial charge is 0.252 e. The van der Waals surface area contributed by atoms with Gasteiger partial charge in [0.2, 0.25) is 10.0 Å². The van der Waals surface area contributed by atoms with Crippen LogP contribution in [-0.2, 0) is 16.6 Å². The second kappa shape index (κ2) is 8.37. The van der Waals surface area contributed by atoms with Crippen LogP contribution < -0.4 is 10.0 Å². The van der Waals surface area contributed by atoms with Crippen LogP contribution in [0.15, 0.2) is 70.3 Å². The maximum atomic E-state index is 12.7. The van der Waals surface area contributed by atoms with E-state index in [4.69, 9.17) is 4.42 Å². The number of furan rings is 1. The van der Waals surface area contributed by atoms with Gasteiger partial charge in [0.1, 0.15) is 5.76 Å². The number of carbonyl (C=O) groups is 1. The minimum atomic E-state index is -3.79. The topological polar surface area (TPSA) is 101 Å². The monoisotopic (exact) mass is 399 g/mol. The van der Waals surface area contributed by atoms with E-state index in [2.05, 4.69) is 15.0 Å². The van der Waals surface area contributed by atoms with Gasteiger partial charge in [0.15, 0.2) is 0 Å². The molecule has 28 heavy (non-hydrogen) atoms. The molecule has 1 aromatic carbocycles. The molecule has 0 aliphatic rings. The summed E-state index contributed by atoms with van der Waals surface area (Å²) in [7, 11) is -3.79. The molecule has 2 aromatic heterocycles. The largest absolute Gasteiger partial charge is 0.468 e. The number of pyridine rings is 1. The van der Waals surface area contributed by atoms with Crippen molar-refractivity contribution in [2.45, 2.75) is 31.3 Å². The van der Waals surface area contributed by atoms with Crippen molar-refractivity contribution in [3.05, 3.63) is 83.6 Å². The number of hydrogen-bond donors (Lipinski definition) is 2. The summed E-state index contributed by atoms with van der Waals surface area (Å²) in [6.45, 7) is 3.61. The van der Waals surface area contributed by atoms with Crippen LogP contribution >= 0.6 is 0 Å². The molecule has 0 unspecified atom stereocenters. The van der Waals surface area contributed by atoms with Crippen molar-refractivity contribution < 1.29 is 17.6 Å². The van der Waals surface area contributed by atoms with E-state index in [1.165, 1.54) is 18.4 Å². The molecule has 0 bridgehead atoms. The molecule has 0 saturated carbocycles. The Labute approximate surface area is 163 Å². The molecule has 0 fully saturated rings. The molecule has 2 N–H and O–H groups in total. The van der Waals surface area contributed by atoms with Gasteiger partial charge in [-0.15, -0.1) is 0 Å². The van der Waals surface area contributed by atoms with Crippen molar-refractivity contribution in [3.63, 3.8) is 0 Å². The first-order valence-electron chi connectivity index (χ1n) is 8.71. The summed E-state index contributed by atoms with van der Waals surface area (Å²) in [6.07, 6.45) is 3.13. The van der Waals surface area contributed by atoms with Crippen LogP contribution in [0.3, 0.4) is 0 Å². The van der Waals surface area contributed by atoms with Gasteiger partial charge in [-0.1, -0.05) is 12.1 Å². The number of sulfonamides is 1. The van der Waals surface area contributed by atoms with Gasteiger partial charge in [-0.3, -0.25) is 9.78 Å². The first kappa shape index (κ1) is 19.8. The average molecular weight is 399 g/mol. The summed E-state index contributed by atoms with van der Waals surface area (Å²) >= 11 is 0. The Bertz CT molecular complexity index is 1050. The summed E-state index contributed by atoms with van der Waals surface area (Å²) in [6, 6.07) is 13.0. The number of rotatable bonds is 7. The first-order chi connectivity index (χ1) is 13.4. The average Bonchev–Trinajstić information content (AvgIpc) is 3.21. The van der Waals surface area contributed by atoms with Gasteiger partial charge in [-0.05, 0) is 55.8 Å². The Hall–Kier alpha value is -2.97. The highest BCUT2D eigenvalue weighted by atomic mass is 32.2. The number of benzene rings is 1. The molecule has 1 amide bonds. The molecule has 0 aliphatic heterocycles. The minimum Gasteiger partial charge on any atom is -0.468 e. The van der Waals surface area contributed by atoms with E-state index >= 15 is 0 Å². The van der Waals surface area contributed by atoms with Crippen LogP contribution in [0.25, 0.3) is 0 Å². The summed E-state index contributed by atoms with van der Waals surface area (Å²) in [5, 5.41) is 2.85. The maximum Gasteiger partial charge on any atom is 0.252 e. The molecule has 0 aliphatic carbocycles. The fourth-order valence-electron chi connectivity index (χ4n) is 2.66.